The number of nitrogens with one attached hydrogen (secondary N) is 2. The zero-order valence-electron chi connectivity index (χ0n) is 16.0. The third kappa shape index (κ3) is 5.05. The maximum atomic E-state index is 12.8. The summed E-state index contributed by atoms with van der Waals surface area (Å²) in [5.74, 6) is -2.43. The first-order valence-electron chi connectivity index (χ1n) is 9.75. The molecule has 0 bridgehead atoms. The van der Waals surface area contributed by atoms with Gasteiger partial charge in [-0.3, -0.25) is 19.4 Å². The number of carbonyl (C=O) groups excluding carboxylic acids is 2. The summed E-state index contributed by atoms with van der Waals surface area (Å²) in [4.78, 5) is 45.3. The second-order valence-corrected chi connectivity index (χ2v) is 7.19. The molecule has 9 heteroatoms. The average molecular weight is 399 g/mol. The second kappa shape index (κ2) is 9.42. The average Bonchev–Trinajstić information content (AvgIpc) is 3.18. The Hall–Kier alpha value is -3.07. The fourth-order valence-corrected chi connectivity index (χ4v) is 3.60. The zero-order chi connectivity index (χ0) is 20.8. The molecule has 5 N–H and O–H groups in total. The van der Waals surface area contributed by atoms with Gasteiger partial charge in [0, 0.05) is 6.04 Å². The van der Waals surface area contributed by atoms with Gasteiger partial charge in [-0.1, -0.05) is 18.6 Å². The van der Waals surface area contributed by atoms with Gasteiger partial charge in [-0.05, 0) is 44.4 Å². The molecule has 3 atom stereocenters. The molecule has 0 aliphatic heterocycles. The molecule has 0 saturated heterocycles. The van der Waals surface area contributed by atoms with Gasteiger partial charge in [-0.15, -0.1) is 0 Å². The fraction of sp³-hybridized carbons (Fsp3) is 0.450. The van der Waals surface area contributed by atoms with Crippen molar-refractivity contribution >= 4 is 28.8 Å². The third-order valence-electron chi connectivity index (χ3n) is 5.16. The number of para-hydroxylation sites is 2. The van der Waals surface area contributed by atoms with Crippen molar-refractivity contribution in [3.8, 4) is 0 Å². The number of carboxylic acid groups (broad SMARTS) is 1. The predicted octanol–water partition coefficient (Wildman–Crippen LogP) is 0.837. The lowest BCUT2D eigenvalue weighted by Crippen LogP contribution is -2.51. The van der Waals surface area contributed by atoms with Crippen molar-refractivity contribution in [3.05, 3.63) is 36.2 Å². The van der Waals surface area contributed by atoms with Crippen molar-refractivity contribution in [2.24, 2.45) is 11.7 Å². The largest absolute Gasteiger partial charge is 0.481 e. The van der Waals surface area contributed by atoms with Gasteiger partial charge in [0.15, 0.2) is 0 Å². The van der Waals surface area contributed by atoms with E-state index in [-0.39, 0.29) is 5.69 Å². The molecule has 154 valence electrons. The van der Waals surface area contributed by atoms with Crippen LogP contribution in [0.4, 0.5) is 0 Å². The molecule has 9 nitrogen and oxygen atoms in total. The van der Waals surface area contributed by atoms with Crippen LogP contribution in [0, 0.1) is 5.92 Å². The van der Waals surface area contributed by atoms with E-state index in [9.17, 15) is 19.5 Å². The summed E-state index contributed by atoms with van der Waals surface area (Å²) in [5.41, 5.74) is 6.92. The lowest BCUT2D eigenvalue weighted by molar-refractivity contribution is -0.142. The van der Waals surface area contributed by atoms with E-state index in [1.807, 2.05) is 6.07 Å². The number of hydrogen-bond acceptors (Lipinski definition) is 6. The van der Waals surface area contributed by atoms with Crippen LogP contribution >= 0.6 is 0 Å². The molecular formula is C20H25N5O4. The highest BCUT2D eigenvalue weighted by Crippen LogP contribution is 2.26. The van der Waals surface area contributed by atoms with Gasteiger partial charge in [0.1, 0.15) is 11.7 Å². The van der Waals surface area contributed by atoms with Crippen LogP contribution in [0.15, 0.2) is 30.5 Å². The van der Waals surface area contributed by atoms with Crippen LogP contribution < -0.4 is 16.4 Å². The van der Waals surface area contributed by atoms with Crippen LogP contribution in [0.25, 0.3) is 11.0 Å². The molecule has 0 spiro atoms. The van der Waals surface area contributed by atoms with E-state index >= 15 is 0 Å². The van der Waals surface area contributed by atoms with E-state index in [0.717, 1.165) is 6.42 Å². The highest BCUT2D eigenvalue weighted by Gasteiger charge is 2.35. The smallest absolute Gasteiger partial charge is 0.308 e. The third-order valence-corrected chi connectivity index (χ3v) is 5.16. The van der Waals surface area contributed by atoms with Gasteiger partial charge in [0.2, 0.25) is 5.91 Å². The van der Waals surface area contributed by atoms with Crippen LogP contribution in [0.5, 0.6) is 0 Å². The van der Waals surface area contributed by atoms with Crippen LogP contribution in [0.3, 0.4) is 0 Å². The van der Waals surface area contributed by atoms with Crippen molar-refractivity contribution in [2.45, 2.75) is 44.2 Å². The van der Waals surface area contributed by atoms with Gasteiger partial charge >= 0.3 is 5.97 Å². The second-order valence-electron chi connectivity index (χ2n) is 7.19. The minimum atomic E-state index is -0.915. The molecule has 1 aliphatic rings. The van der Waals surface area contributed by atoms with Crippen molar-refractivity contribution in [3.63, 3.8) is 0 Å². The number of nitrogens with zero attached hydrogens (tertiary/aromatic N) is 2. The lowest BCUT2D eigenvalue weighted by Gasteiger charge is -2.23. The Kier molecular flexibility index (Phi) is 6.71. The van der Waals surface area contributed by atoms with Crippen molar-refractivity contribution in [2.75, 3.05) is 6.54 Å². The molecule has 1 saturated carbocycles. The summed E-state index contributed by atoms with van der Waals surface area (Å²) in [5, 5.41) is 14.8. The lowest BCUT2D eigenvalue weighted by atomic mass is 10.0. The molecule has 1 fully saturated rings. The number of carboxylic acids is 1. The molecule has 1 aromatic carbocycles. The maximum Gasteiger partial charge on any atom is 0.308 e. The molecule has 2 aromatic rings. The van der Waals surface area contributed by atoms with Gasteiger partial charge in [0.05, 0.1) is 23.1 Å². The normalized spacial score (nSPS) is 19.6. The summed E-state index contributed by atoms with van der Waals surface area (Å²) in [7, 11) is 0. The van der Waals surface area contributed by atoms with Crippen LogP contribution in [-0.2, 0) is 9.59 Å². The van der Waals surface area contributed by atoms with E-state index in [1.165, 1.54) is 6.20 Å². The molecule has 29 heavy (non-hydrogen) atoms. The van der Waals surface area contributed by atoms with Crippen LogP contribution in [0.1, 0.15) is 42.6 Å². The molecular weight excluding hydrogens is 374 g/mol. The molecule has 0 radical (unpaired) electrons. The van der Waals surface area contributed by atoms with E-state index in [2.05, 4.69) is 20.6 Å². The molecule has 1 heterocycles. The number of amides is 2. The van der Waals surface area contributed by atoms with Crippen molar-refractivity contribution in [1.82, 2.24) is 20.6 Å². The SMILES string of the molecule is NCCC[C@H](NC(=O)c1cnc2ccccc2n1)C(=O)N[C@H]1CCC[C@H]1C(=O)O. The number of benzene rings is 1. The van der Waals surface area contributed by atoms with Crippen molar-refractivity contribution in [1.29, 1.82) is 0 Å². The number of fused-ring (bicyclic) bond motifs is 1. The molecule has 0 unspecified atom stereocenters. The Balaban J connectivity index is 1.70. The minimum Gasteiger partial charge on any atom is -0.481 e. The first kappa shape index (κ1) is 20.7. The van der Waals surface area contributed by atoms with Crippen molar-refractivity contribution < 1.29 is 19.5 Å². The number of rotatable bonds is 8. The van der Waals surface area contributed by atoms with Gasteiger partial charge in [-0.25, -0.2) is 4.98 Å². The van der Waals surface area contributed by atoms with E-state index in [1.54, 1.807) is 18.2 Å². The minimum absolute atomic E-state index is 0.110. The standard InChI is InChI=1S/C20H25N5O4/c21-10-4-9-16(18(26)24-13-8-3-5-12(13)20(28)29)25-19(27)17-11-22-14-6-1-2-7-15(14)23-17/h1-2,6-7,11-13,16H,3-5,8-10,21H2,(H,24,26)(H,25,27)(H,28,29)/t12-,13+,16+/m1/s1. The Morgan fingerprint density at radius 2 is 1.97 bits per heavy atom. The van der Waals surface area contributed by atoms with Crippen LogP contribution in [-0.4, -0.2) is 51.5 Å². The monoisotopic (exact) mass is 399 g/mol. The summed E-state index contributed by atoms with van der Waals surface area (Å²) in [6.07, 6.45) is 4.14. The Morgan fingerprint density at radius 1 is 1.21 bits per heavy atom. The highest BCUT2D eigenvalue weighted by molar-refractivity contribution is 5.97. The van der Waals surface area contributed by atoms with E-state index < -0.39 is 35.8 Å². The van der Waals surface area contributed by atoms with Gasteiger partial charge in [0.25, 0.3) is 5.91 Å². The Bertz CT molecular complexity index is 903. The summed E-state index contributed by atoms with van der Waals surface area (Å²) < 4.78 is 0. The summed E-state index contributed by atoms with van der Waals surface area (Å²) >= 11 is 0. The fourth-order valence-electron chi connectivity index (χ4n) is 3.60. The molecule has 1 aliphatic carbocycles. The van der Waals surface area contributed by atoms with Crippen LogP contribution in [0.2, 0.25) is 0 Å². The van der Waals surface area contributed by atoms with Gasteiger partial charge in [-0.2, -0.15) is 0 Å². The number of aliphatic carboxylic acids is 1. The maximum absolute atomic E-state index is 12.8. The van der Waals surface area contributed by atoms with Gasteiger partial charge < -0.3 is 21.5 Å². The number of nitrogens with two attached hydrogens (primary N) is 1. The topological polar surface area (TPSA) is 147 Å². The zero-order valence-corrected chi connectivity index (χ0v) is 16.0. The number of aromatic nitrogens is 2. The highest BCUT2D eigenvalue weighted by atomic mass is 16.4. The first-order chi connectivity index (χ1) is 14.0. The van der Waals surface area contributed by atoms with E-state index in [0.29, 0.717) is 43.3 Å². The molecule has 2 amide bonds. The number of carbonyl (C=O) groups is 3. The Labute approximate surface area is 168 Å². The quantitative estimate of drug-likeness (QED) is 0.514. The predicted molar refractivity (Wildman–Crippen MR) is 106 cm³/mol. The molecule has 1 aromatic heterocycles. The molecule has 3 rings (SSSR count). The summed E-state index contributed by atoms with van der Waals surface area (Å²) in [6.45, 7) is 0.372. The summed E-state index contributed by atoms with van der Waals surface area (Å²) in [6, 6.07) is 5.92. The van der Waals surface area contributed by atoms with E-state index in [4.69, 9.17) is 5.73 Å². The first-order valence-corrected chi connectivity index (χ1v) is 9.75. The number of hydrogen-bond donors (Lipinski definition) is 4. The Morgan fingerprint density at radius 3 is 2.69 bits per heavy atom.